The second-order valence-corrected chi connectivity index (χ2v) is 8.01. The Hall–Kier alpha value is -4.05. The van der Waals surface area contributed by atoms with Crippen molar-refractivity contribution < 1.29 is 31.9 Å². The van der Waals surface area contributed by atoms with Crippen molar-refractivity contribution in [3.63, 3.8) is 0 Å². The fourth-order valence-corrected chi connectivity index (χ4v) is 4.20. The van der Waals surface area contributed by atoms with Crippen LogP contribution in [0.15, 0.2) is 71.1 Å². The van der Waals surface area contributed by atoms with E-state index in [0.717, 1.165) is 0 Å². The van der Waals surface area contributed by atoms with Crippen LogP contribution in [-0.4, -0.2) is 26.1 Å². The normalized spacial score (nSPS) is 14.9. The molecule has 35 heavy (non-hydrogen) atoms. The van der Waals surface area contributed by atoms with E-state index in [1.807, 2.05) is 0 Å². The van der Waals surface area contributed by atoms with Crippen molar-refractivity contribution in [3.05, 3.63) is 107 Å². The van der Waals surface area contributed by atoms with Gasteiger partial charge in [-0.1, -0.05) is 36.4 Å². The Balaban J connectivity index is 1.53. The first kappa shape index (κ1) is 22.7. The maximum atomic E-state index is 14.5. The van der Waals surface area contributed by atoms with Gasteiger partial charge in [0.25, 0.3) is 11.8 Å². The molecule has 1 aliphatic heterocycles. The van der Waals surface area contributed by atoms with Gasteiger partial charge in [-0.2, -0.15) is 8.78 Å². The molecule has 0 radical (unpaired) electrons. The number of hydrogen-bond acceptors (Lipinski definition) is 5. The van der Waals surface area contributed by atoms with Gasteiger partial charge in [0.2, 0.25) is 5.89 Å². The highest BCUT2D eigenvalue weighted by molar-refractivity contribution is 5.99. The van der Waals surface area contributed by atoms with Crippen LogP contribution in [0, 0.1) is 11.6 Å². The van der Waals surface area contributed by atoms with E-state index >= 15 is 0 Å². The lowest BCUT2D eigenvalue weighted by molar-refractivity contribution is 0.0347. The van der Waals surface area contributed by atoms with Gasteiger partial charge in [-0.15, -0.1) is 10.2 Å². The van der Waals surface area contributed by atoms with E-state index in [9.17, 15) is 27.5 Å². The molecule has 0 saturated carbocycles. The van der Waals surface area contributed by atoms with Gasteiger partial charge in [-0.25, -0.2) is 8.78 Å². The van der Waals surface area contributed by atoms with Gasteiger partial charge in [0.1, 0.15) is 17.7 Å². The van der Waals surface area contributed by atoms with E-state index in [2.05, 4.69) is 10.2 Å². The predicted octanol–water partition coefficient (Wildman–Crippen LogP) is 5.38. The topological polar surface area (TPSA) is 79.5 Å². The van der Waals surface area contributed by atoms with Crippen LogP contribution in [0.25, 0.3) is 11.5 Å². The number of aliphatic hydroxyl groups is 1. The van der Waals surface area contributed by atoms with Gasteiger partial charge in [0, 0.05) is 23.2 Å². The van der Waals surface area contributed by atoms with E-state index in [4.69, 9.17) is 4.42 Å². The van der Waals surface area contributed by atoms with Crippen LogP contribution in [0.3, 0.4) is 0 Å². The molecule has 0 spiro atoms. The number of aliphatic hydroxyl groups excluding tert-OH is 1. The highest BCUT2D eigenvalue weighted by Gasteiger charge is 2.39. The third-order valence-corrected chi connectivity index (χ3v) is 5.89. The molecule has 10 heteroatoms. The number of rotatable bonds is 6. The molecule has 0 bridgehead atoms. The van der Waals surface area contributed by atoms with Gasteiger partial charge in [0.05, 0.1) is 6.04 Å². The quantitative estimate of drug-likeness (QED) is 0.373. The second kappa shape index (κ2) is 8.95. The Morgan fingerprint density at radius 2 is 1.71 bits per heavy atom. The third kappa shape index (κ3) is 4.17. The molecule has 1 aromatic heterocycles. The number of fused-ring (bicyclic) bond motifs is 1. The lowest BCUT2D eigenvalue weighted by Gasteiger charge is -2.32. The minimum atomic E-state index is -2.93. The van der Waals surface area contributed by atoms with Gasteiger partial charge >= 0.3 is 6.43 Å². The summed E-state index contributed by atoms with van der Waals surface area (Å²) in [7, 11) is 0. The smallest absolute Gasteiger partial charge is 0.314 e. The van der Waals surface area contributed by atoms with Gasteiger partial charge < -0.3 is 14.4 Å². The molecule has 1 N–H and O–H groups in total. The number of hydrogen-bond donors (Lipinski definition) is 1. The van der Waals surface area contributed by atoms with E-state index in [1.54, 1.807) is 18.2 Å². The molecule has 0 aliphatic carbocycles. The van der Waals surface area contributed by atoms with Gasteiger partial charge in [-0.05, 0) is 41.5 Å². The maximum Gasteiger partial charge on any atom is 0.314 e. The molecule has 2 atom stereocenters. The maximum absolute atomic E-state index is 14.5. The van der Waals surface area contributed by atoms with E-state index < -0.39 is 42.0 Å². The number of nitrogens with zero attached hydrogens (tertiary/aromatic N) is 3. The largest absolute Gasteiger partial charge is 0.415 e. The summed E-state index contributed by atoms with van der Waals surface area (Å²) in [6.07, 6.45) is -4.39. The molecule has 1 amide bonds. The lowest BCUT2D eigenvalue weighted by Crippen LogP contribution is -2.33. The summed E-state index contributed by atoms with van der Waals surface area (Å²) >= 11 is 0. The molecule has 2 heterocycles. The van der Waals surface area contributed by atoms with Crippen LogP contribution in [-0.2, 0) is 6.54 Å². The van der Waals surface area contributed by atoms with Crippen LogP contribution in [0.2, 0.25) is 0 Å². The molecule has 5 rings (SSSR count). The van der Waals surface area contributed by atoms with E-state index in [0.29, 0.717) is 11.1 Å². The third-order valence-electron chi connectivity index (χ3n) is 5.89. The van der Waals surface area contributed by atoms with Crippen molar-refractivity contribution in [2.24, 2.45) is 0 Å². The monoisotopic (exact) mass is 483 g/mol. The zero-order valence-electron chi connectivity index (χ0n) is 17.9. The van der Waals surface area contributed by atoms with Crippen molar-refractivity contribution in [1.29, 1.82) is 0 Å². The highest BCUT2D eigenvalue weighted by atomic mass is 19.3. The lowest BCUT2D eigenvalue weighted by atomic mass is 9.94. The van der Waals surface area contributed by atoms with Crippen molar-refractivity contribution in [2.45, 2.75) is 25.1 Å². The minimum absolute atomic E-state index is 0.0170. The Morgan fingerprint density at radius 3 is 2.40 bits per heavy atom. The Labute approximate surface area is 196 Å². The summed E-state index contributed by atoms with van der Waals surface area (Å²) in [5.41, 5.74) is 1.50. The summed E-state index contributed by atoms with van der Waals surface area (Å²) < 4.78 is 58.7. The van der Waals surface area contributed by atoms with E-state index in [1.165, 1.54) is 53.4 Å². The van der Waals surface area contributed by atoms with Crippen molar-refractivity contribution in [3.8, 4) is 11.5 Å². The number of carbonyl (C=O) groups is 1. The molecule has 1 aliphatic rings. The van der Waals surface area contributed by atoms with Crippen LogP contribution >= 0.6 is 0 Å². The molecular weight excluding hydrogens is 466 g/mol. The first-order valence-electron chi connectivity index (χ1n) is 10.6. The van der Waals surface area contributed by atoms with Crippen molar-refractivity contribution in [1.82, 2.24) is 15.1 Å². The predicted molar refractivity (Wildman–Crippen MR) is 115 cm³/mol. The zero-order chi connectivity index (χ0) is 24.7. The summed E-state index contributed by atoms with van der Waals surface area (Å²) in [6, 6.07) is 14.5. The van der Waals surface area contributed by atoms with Crippen LogP contribution in [0.5, 0.6) is 0 Å². The molecule has 178 valence electrons. The van der Waals surface area contributed by atoms with E-state index in [-0.39, 0.29) is 29.1 Å². The standard InChI is InChI=1S/C25H17F4N3O3/c26-16-9-7-13(8-10-16)20(21(33)17-3-1-2-4-19(17)27)32-12-15-6-5-14(11-18(15)25(32)34)23-30-31-24(35-23)22(28)29/h1-11,20-22,33H,12H2. The average molecular weight is 483 g/mol. The number of halogens is 4. The SMILES string of the molecule is O=C1c2cc(-c3nnc(C(F)F)o3)ccc2CN1C(c1ccc(F)cc1)C(O)c1ccccc1F. The first-order valence-corrected chi connectivity index (χ1v) is 10.6. The summed E-state index contributed by atoms with van der Waals surface area (Å²) in [5.74, 6) is -2.64. The fourth-order valence-electron chi connectivity index (χ4n) is 4.20. The van der Waals surface area contributed by atoms with Crippen molar-refractivity contribution in [2.75, 3.05) is 0 Å². The second-order valence-electron chi connectivity index (χ2n) is 8.01. The molecule has 0 saturated heterocycles. The number of alkyl halides is 2. The zero-order valence-corrected chi connectivity index (χ0v) is 17.9. The molecule has 0 fully saturated rings. The number of amides is 1. The van der Waals surface area contributed by atoms with Crippen LogP contribution < -0.4 is 0 Å². The van der Waals surface area contributed by atoms with Gasteiger partial charge in [0.15, 0.2) is 0 Å². The summed E-state index contributed by atoms with van der Waals surface area (Å²) in [6.45, 7) is 0.0775. The Kier molecular flexibility index (Phi) is 5.81. The average Bonchev–Trinajstić information content (AvgIpc) is 3.46. The van der Waals surface area contributed by atoms with Gasteiger partial charge in [-0.3, -0.25) is 4.79 Å². The number of benzene rings is 3. The Bertz CT molecular complexity index is 1390. The van der Waals surface area contributed by atoms with Crippen molar-refractivity contribution >= 4 is 5.91 Å². The fraction of sp³-hybridized carbons (Fsp3) is 0.160. The highest BCUT2D eigenvalue weighted by Crippen LogP contribution is 2.40. The number of carbonyl (C=O) groups excluding carboxylic acids is 1. The molecule has 6 nitrogen and oxygen atoms in total. The van der Waals surface area contributed by atoms with Crippen LogP contribution in [0.4, 0.5) is 17.6 Å². The first-order chi connectivity index (χ1) is 16.8. The Morgan fingerprint density at radius 1 is 0.971 bits per heavy atom. The molecule has 4 aromatic rings. The number of aromatic nitrogens is 2. The minimum Gasteiger partial charge on any atom is -0.415 e. The summed E-state index contributed by atoms with van der Waals surface area (Å²) in [5, 5.41) is 18.1. The molecule has 2 unspecified atom stereocenters. The molecule has 3 aromatic carbocycles. The molecular formula is C25H17F4N3O3. The van der Waals surface area contributed by atoms with Crippen LogP contribution in [0.1, 0.15) is 51.5 Å². The summed E-state index contributed by atoms with van der Waals surface area (Å²) in [4.78, 5) is 14.8.